The van der Waals surface area contributed by atoms with Gasteiger partial charge in [0.25, 0.3) is 0 Å². The van der Waals surface area contributed by atoms with E-state index in [4.69, 9.17) is 5.73 Å². The summed E-state index contributed by atoms with van der Waals surface area (Å²) in [6.07, 6.45) is 1.42. The summed E-state index contributed by atoms with van der Waals surface area (Å²) < 4.78 is 4.01. The molecule has 0 aliphatic carbocycles. The maximum absolute atomic E-state index is 11.7. The van der Waals surface area contributed by atoms with E-state index in [9.17, 15) is 4.79 Å². The number of carbonyl (C=O) groups is 1. The van der Waals surface area contributed by atoms with E-state index in [1.165, 1.54) is 11.5 Å². The van der Waals surface area contributed by atoms with Crippen LogP contribution in [-0.4, -0.2) is 21.8 Å². The Bertz CT molecular complexity index is 364. The molecule has 0 bridgehead atoms. The Kier molecular flexibility index (Phi) is 5.50. The van der Waals surface area contributed by atoms with Gasteiger partial charge in [-0.1, -0.05) is 13.8 Å². The van der Waals surface area contributed by atoms with Crippen molar-refractivity contribution in [3.63, 3.8) is 0 Å². The Balaban J connectivity index is 2.42. The summed E-state index contributed by atoms with van der Waals surface area (Å²) in [5.74, 6) is 1.45. The molecule has 0 saturated carbocycles. The van der Waals surface area contributed by atoms with E-state index in [1.54, 1.807) is 6.92 Å². The summed E-state index contributed by atoms with van der Waals surface area (Å²) in [5.41, 5.74) is 5.66. The molecule has 96 valence electrons. The second kappa shape index (κ2) is 6.66. The lowest BCUT2D eigenvalue weighted by atomic mass is 9.94. The van der Waals surface area contributed by atoms with E-state index in [0.717, 1.165) is 6.42 Å². The largest absolute Gasteiger partial charge is 0.330 e. The van der Waals surface area contributed by atoms with Crippen LogP contribution in [0.5, 0.6) is 0 Å². The Hall–Kier alpha value is -1.01. The van der Waals surface area contributed by atoms with Crippen molar-refractivity contribution in [2.24, 2.45) is 17.6 Å². The van der Waals surface area contributed by atoms with Gasteiger partial charge in [0.15, 0.2) is 0 Å². The second-order valence-electron chi connectivity index (χ2n) is 4.63. The third-order valence-electron chi connectivity index (χ3n) is 2.39. The lowest BCUT2D eigenvalue weighted by molar-refractivity contribution is -0.117. The number of nitrogens with zero attached hydrogens (tertiary/aromatic N) is 2. The fourth-order valence-electron chi connectivity index (χ4n) is 1.71. The Morgan fingerprint density at radius 2 is 2.24 bits per heavy atom. The lowest BCUT2D eigenvalue weighted by Crippen LogP contribution is -2.23. The van der Waals surface area contributed by atoms with Crippen LogP contribution in [0.3, 0.4) is 0 Å². The smallest absolute Gasteiger partial charge is 0.226 e. The molecule has 0 aromatic carbocycles. The van der Waals surface area contributed by atoms with Crippen LogP contribution in [0.2, 0.25) is 0 Å². The van der Waals surface area contributed by atoms with Crippen molar-refractivity contribution in [2.45, 2.75) is 33.6 Å². The first kappa shape index (κ1) is 14.1. The zero-order valence-corrected chi connectivity index (χ0v) is 11.4. The third kappa shape index (κ3) is 5.23. The summed E-state index contributed by atoms with van der Waals surface area (Å²) in [6.45, 7) is 6.61. The van der Waals surface area contributed by atoms with E-state index in [0.29, 0.717) is 29.8 Å². The van der Waals surface area contributed by atoms with Gasteiger partial charge in [-0.3, -0.25) is 4.79 Å². The minimum Gasteiger partial charge on any atom is -0.330 e. The number of nitrogens with one attached hydrogen (secondary N) is 1. The molecular formula is C11H20N4OS. The maximum atomic E-state index is 11.7. The van der Waals surface area contributed by atoms with Gasteiger partial charge in [0, 0.05) is 18.0 Å². The van der Waals surface area contributed by atoms with Crippen LogP contribution in [0.1, 0.15) is 32.5 Å². The topological polar surface area (TPSA) is 80.9 Å². The molecule has 6 heteroatoms. The fourth-order valence-corrected chi connectivity index (χ4v) is 2.30. The van der Waals surface area contributed by atoms with Crippen LogP contribution < -0.4 is 11.1 Å². The molecule has 0 saturated heterocycles. The first-order valence-corrected chi connectivity index (χ1v) is 6.58. The SMILES string of the molecule is Cc1nsc(NC(=O)CC(CN)CC(C)C)n1. The van der Waals surface area contributed by atoms with E-state index in [1.807, 2.05) is 0 Å². The van der Waals surface area contributed by atoms with Gasteiger partial charge in [-0.25, -0.2) is 4.98 Å². The Morgan fingerprint density at radius 1 is 1.53 bits per heavy atom. The number of aryl methyl sites for hydroxylation is 1. The normalized spacial score (nSPS) is 12.8. The number of hydrogen-bond donors (Lipinski definition) is 2. The molecule has 0 aliphatic heterocycles. The van der Waals surface area contributed by atoms with Gasteiger partial charge in [0.1, 0.15) is 5.82 Å². The molecule has 1 rings (SSSR count). The van der Waals surface area contributed by atoms with Gasteiger partial charge < -0.3 is 11.1 Å². The molecule has 1 amide bonds. The molecule has 1 unspecified atom stereocenters. The van der Waals surface area contributed by atoms with Crippen molar-refractivity contribution in [3.8, 4) is 0 Å². The van der Waals surface area contributed by atoms with Crippen molar-refractivity contribution in [3.05, 3.63) is 5.82 Å². The third-order valence-corrected chi connectivity index (χ3v) is 3.11. The highest BCUT2D eigenvalue weighted by molar-refractivity contribution is 7.09. The van der Waals surface area contributed by atoms with Gasteiger partial charge in [-0.05, 0) is 31.7 Å². The Labute approximate surface area is 106 Å². The van der Waals surface area contributed by atoms with Crippen LogP contribution in [0.25, 0.3) is 0 Å². The zero-order chi connectivity index (χ0) is 12.8. The van der Waals surface area contributed by atoms with Crippen molar-refractivity contribution in [2.75, 3.05) is 11.9 Å². The number of anilines is 1. The van der Waals surface area contributed by atoms with E-state index < -0.39 is 0 Å². The van der Waals surface area contributed by atoms with Crippen LogP contribution >= 0.6 is 11.5 Å². The highest BCUT2D eigenvalue weighted by Gasteiger charge is 2.15. The van der Waals surface area contributed by atoms with Gasteiger partial charge in [-0.2, -0.15) is 4.37 Å². The average molecular weight is 256 g/mol. The summed E-state index contributed by atoms with van der Waals surface area (Å²) in [7, 11) is 0. The molecule has 5 nitrogen and oxygen atoms in total. The first-order chi connectivity index (χ1) is 8.01. The highest BCUT2D eigenvalue weighted by Crippen LogP contribution is 2.16. The van der Waals surface area contributed by atoms with Gasteiger partial charge in [0.05, 0.1) is 0 Å². The number of hydrogen-bond acceptors (Lipinski definition) is 5. The van der Waals surface area contributed by atoms with Gasteiger partial charge >= 0.3 is 0 Å². The van der Waals surface area contributed by atoms with Crippen LogP contribution in [0.15, 0.2) is 0 Å². The van der Waals surface area contributed by atoms with Crippen molar-refractivity contribution >= 4 is 22.6 Å². The van der Waals surface area contributed by atoms with Crippen LogP contribution in [-0.2, 0) is 4.79 Å². The number of carbonyl (C=O) groups excluding carboxylic acids is 1. The van der Waals surface area contributed by atoms with E-state index in [2.05, 4.69) is 28.5 Å². The summed E-state index contributed by atoms with van der Waals surface area (Å²) >= 11 is 1.20. The number of aromatic nitrogens is 2. The molecule has 1 heterocycles. The summed E-state index contributed by atoms with van der Waals surface area (Å²) in [5, 5.41) is 3.31. The molecular weight excluding hydrogens is 236 g/mol. The average Bonchev–Trinajstić information content (AvgIpc) is 2.62. The summed E-state index contributed by atoms with van der Waals surface area (Å²) in [4.78, 5) is 15.8. The van der Waals surface area contributed by atoms with Crippen molar-refractivity contribution in [1.82, 2.24) is 9.36 Å². The van der Waals surface area contributed by atoms with Gasteiger partial charge in [0.2, 0.25) is 11.0 Å². The van der Waals surface area contributed by atoms with Crippen molar-refractivity contribution in [1.29, 1.82) is 0 Å². The number of amides is 1. The van der Waals surface area contributed by atoms with Crippen molar-refractivity contribution < 1.29 is 4.79 Å². The minimum atomic E-state index is -0.0303. The molecule has 0 radical (unpaired) electrons. The molecule has 0 aliphatic rings. The monoisotopic (exact) mass is 256 g/mol. The van der Waals surface area contributed by atoms with E-state index in [-0.39, 0.29) is 11.8 Å². The highest BCUT2D eigenvalue weighted by atomic mass is 32.1. The van der Waals surface area contributed by atoms with Crippen LogP contribution in [0, 0.1) is 18.8 Å². The summed E-state index contributed by atoms with van der Waals surface area (Å²) in [6, 6.07) is 0. The van der Waals surface area contributed by atoms with Gasteiger partial charge in [-0.15, -0.1) is 0 Å². The fraction of sp³-hybridized carbons (Fsp3) is 0.727. The number of rotatable bonds is 6. The molecule has 0 fully saturated rings. The first-order valence-electron chi connectivity index (χ1n) is 5.81. The molecule has 1 aromatic rings. The second-order valence-corrected chi connectivity index (χ2v) is 5.38. The Morgan fingerprint density at radius 3 is 2.71 bits per heavy atom. The maximum Gasteiger partial charge on any atom is 0.226 e. The van der Waals surface area contributed by atoms with E-state index >= 15 is 0 Å². The number of nitrogens with two attached hydrogens (primary N) is 1. The molecule has 17 heavy (non-hydrogen) atoms. The predicted molar refractivity (Wildman–Crippen MR) is 69.9 cm³/mol. The zero-order valence-electron chi connectivity index (χ0n) is 10.6. The molecule has 1 atom stereocenters. The lowest BCUT2D eigenvalue weighted by Gasteiger charge is -2.15. The molecule has 0 spiro atoms. The standard InChI is InChI=1S/C11H20N4OS/c1-7(2)4-9(6-12)5-10(16)14-11-13-8(3)15-17-11/h7,9H,4-6,12H2,1-3H3,(H,13,14,15,16). The quantitative estimate of drug-likeness (QED) is 0.813. The predicted octanol–water partition coefficient (Wildman–Crippen LogP) is 1.80. The van der Waals surface area contributed by atoms with Crippen LogP contribution in [0.4, 0.5) is 5.13 Å². The molecule has 3 N–H and O–H groups in total. The molecule has 1 aromatic heterocycles. The minimum absolute atomic E-state index is 0.0303.